The number of fused-ring (bicyclic) bond motifs is 1. The fourth-order valence-corrected chi connectivity index (χ4v) is 3.60. The molecule has 162 valence electrons. The highest BCUT2D eigenvalue weighted by Crippen LogP contribution is 2.28. The molecule has 0 saturated heterocycles. The summed E-state index contributed by atoms with van der Waals surface area (Å²) < 4.78 is 16.1. The van der Waals surface area contributed by atoms with Crippen molar-refractivity contribution in [2.45, 2.75) is 32.1 Å². The number of benzene rings is 2. The van der Waals surface area contributed by atoms with E-state index in [-0.39, 0.29) is 5.91 Å². The smallest absolute Gasteiger partial charge is 0.248 e. The van der Waals surface area contributed by atoms with Gasteiger partial charge in [0.25, 0.3) is 0 Å². The molecule has 0 aliphatic carbocycles. The van der Waals surface area contributed by atoms with Gasteiger partial charge in [-0.25, -0.2) is 0 Å². The van der Waals surface area contributed by atoms with Gasteiger partial charge >= 0.3 is 0 Å². The number of anilines is 1. The number of carbonyl (C=O) groups is 1. The molecule has 0 atom stereocenters. The zero-order valence-corrected chi connectivity index (χ0v) is 17.7. The summed E-state index contributed by atoms with van der Waals surface area (Å²) in [6.07, 6.45) is 3.38. The lowest BCUT2D eigenvalue weighted by Crippen LogP contribution is -2.13. The van der Waals surface area contributed by atoms with Gasteiger partial charge in [0.05, 0.1) is 20.8 Å². The molecule has 31 heavy (non-hydrogen) atoms. The van der Waals surface area contributed by atoms with Crippen molar-refractivity contribution in [2.24, 2.45) is 0 Å². The van der Waals surface area contributed by atoms with Crippen LogP contribution in [0.1, 0.15) is 28.9 Å². The summed E-state index contributed by atoms with van der Waals surface area (Å²) in [6.45, 7) is 0.735. The zero-order valence-electron chi connectivity index (χ0n) is 17.7. The average Bonchev–Trinajstić information content (AvgIpc) is 3.44. The lowest BCUT2D eigenvalue weighted by atomic mass is 10.0. The zero-order chi connectivity index (χ0) is 21.6. The Morgan fingerprint density at radius 1 is 1.06 bits per heavy atom. The highest BCUT2D eigenvalue weighted by molar-refractivity contribution is 5.89. The Hall–Kier alpha value is -3.55. The Morgan fingerprint density at radius 3 is 2.71 bits per heavy atom. The number of aryl methyl sites for hydroxylation is 3. The summed E-state index contributed by atoms with van der Waals surface area (Å²) in [5.74, 6) is 3.25. The molecule has 3 aromatic rings. The number of hydrogen-bond donors (Lipinski definition) is 2. The first kappa shape index (κ1) is 20.7. The Balaban J connectivity index is 1.26. The minimum atomic E-state index is -0.109. The van der Waals surface area contributed by atoms with Crippen molar-refractivity contribution in [1.82, 2.24) is 15.2 Å². The normalized spacial score (nSPS) is 12.2. The quantitative estimate of drug-likeness (QED) is 0.550. The van der Waals surface area contributed by atoms with Crippen LogP contribution >= 0.6 is 0 Å². The topological polar surface area (TPSA) is 98.4 Å². The Morgan fingerprint density at radius 2 is 1.87 bits per heavy atom. The first-order valence-corrected chi connectivity index (χ1v) is 10.3. The molecule has 8 nitrogen and oxygen atoms in total. The molecule has 1 aliphatic heterocycles. The van der Waals surface area contributed by atoms with E-state index in [0.717, 1.165) is 36.3 Å². The van der Waals surface area contributed by atoms with Crippen LogP contribution in [0.2, 0.25) is 0 Å². The van der Waals surface area contributed by atoms with Crippen molar-refractivity contribution in [1.29, 1.82) is 0 Å². The van der Waals surface area contributed by atoms with Crippen LogP contribution in [0.5, 0.6) is 17.2 Å². The third-order valence-electron chi connectivity index (χ3n) is 5.28. The summed E-state index contributed by atoms with van der Waals surface area (Å²) in [6, 6.07) is 11.9. The van der Waals surface area contributed by atoms with Gasteiger partial charge in [-0.3, -0.25) is 15.2 Å². The van der Waals surface area contributed by atoms with Crippen LogP contribution in [0, 0.1) is 0 Å². The fraction of sp³-hybridized carbons (Fsp3) is 0.348. The third-order valence-corrected chi connectivity index (χ3v) is 5.28. The predicted molar refractivity (Wildman–Crippen MR) is 116 cm³/mol. The summed E-state index contributed by atoms with van der Waals surface area (Å²) in [5.41, 5.74) is 3.44. The Bertz CT molecular complexity index is 1060. The maximum atomic E-state index is 12.3. The number of H-pyrrole nitrogens is 1. The number of nitrogens with zero attached hydrogens (tertiary/aromatic N) is 2. The molecule has 1 amide bonds. The van der Waals surface area contributed by atoms with Gasteiger partial charge < -0.3 is 14.2 Å². The molecule has 8 heteroatoms. The van der Waals surface area contributed by atoms with Crippen LogP contribution in [-0.2, 0) is 30.5 Å². The number of aromatic amines is 1. The summed E-state index contributed by atoms with van der Waals surface area (Å²) >= 11 is 0. The number of methoxy groups -OCH3 is 2. The molecule has 0 saturated carbocycles. The first-order chi connectivity index (χ1) is 15.1. The molecule has 0 spiro atoms. The molecule has 2 aromatic carbocycles. The molecule has 2 N–H and O–H groups in total. The average molecular weight is 422 g/mol. The number of rotatable bonds is 9. The van der Waals surface area contributed by atoms with Crippen LogP contribution in [0.3, 0.4) is 0 Å². The number of aromatic nitrogens is 3. The molecule has 2 heterocycles. The van der Waals surface area contributed by atoms with Crippen LogP contribution < -0.4 is 19.5 Å². The molecule has 0 radical (unpaired) electrons. The summed E-state index contributed by atoms with van der Waals surface area (Å²) in [4.78, 5) is 16.7. The van der Waals surface area contributed by atoms with Gasteiger partial charge in [0.15, 0.2) is 11.5 Å². The van der Waals surface area contributed by atoms with E-state index in [9.17, 15) is 4.79 Å². The molecule has 0 unspecified atom stereocenters. The lowest BCUT2D eigenvalue weighted by molar-refractivity contribution is -0.116. The second-order valence-electron chi connectivity index (χ2n) is 7.38. The van der Waals surface area contributed by atoms with E-state index in [0.29, 0.717) is 42.5 Å². The minimum Gasteiger partial charge on any atom is -0.493 e. The van der Waals surface area contributed by atoms with Gasteiger partial charge in [-0.15, -0.1) is 5.10 Å². The number of nitrogens with one attached hydrogen (secondary N) is 2. The summed E-state index contributed by atoms with van der Waals surface area (Å²) in [7, 11) is 3.23. The van der Waals surface area contributed by atoms with Crippen molar-refractivity contribution >= 4 is 11.9 Å². The van der Waals surface area contributed by atoms with Crippen LogP contribution in [0.15, 0.2) is 36.4 Å². The maximum absolute atomic E-state index is 12.3. The van der Waals surface area contributed by atoms with Crippen molar-refractivity contribution < 1.29 is 19.0 Å². The van der Waals surface area contributed by atoms with E-state index in [1.165, 1.54) is 5.56 Å². The molecular formula is C23H26N4O4. The highest BCUT2D eigenvalue weighted by atomic mass is 16.5. The molecule has 1 aromatic heterocycles. The molecular weight excluding hydrogens is 396 g/mol. The minimum absolute atomic E-state index is 0.109. The van der Waals surface area contributed by atoms with Gasteiger partial charge in [-0.05, 0) is 47.7 Å². The van der Waals surface area contributed by atoms with E-state index >= 15 is 0 Å². The third kappa shape index (κ3) is 5.14. The molecule has 0 bridgehead atoms. The first-order valence-electron chi connectivity index (χ1n) is 10.3. The van der Waals surface area contributed by atoms with Gasteiger partial charge in [0.2, 0.25) is 11.9 Å². The summed E-state index contributed by atoms with van der Waals surface area (Å²) in [5, 5.41) is 9.75. The number of ether oxygens (including phenoxy) is 3. The second-order valence-corrected chi connectivity index (χ2v) is 7.38. The fourth-order valence-electron chi connectivity index (χ4n) is 3.60. The Kier molecular flexibility index (Phi) is 6.35. The van der Waals surface area contributed by atoms with E-state index in [2.05, 4.69) is 26.6 Å². The lowest BCUT2D eigenvalue weighted by Gasteiger charge is -2.09. The molecule has 4 rings (SSSR count). The van der Waals surface area contributed by atoms with Gasteiger partial charge in [-0.1, -0.05) is 18.2 Å². The van der Waals surface area contributed by atoms with Gasteiger partial charge in [0.1, 0.15) is 11.6 Å². The van der Waals surface area contributed by atoms with Gasteiger partial charge in [0, 0.05) is 19.3 Å². The standard InChI is InChI=1S/C23H26N4O4/c1-29-19-8-4-16(14-20(19)30-2)5-9-21-24-23(27-26-21)25-22(28)10-6-15-3-7-18-17(13-15)11-12-31-18/h3-4,7-8,13-14H,5-6,9-12H2,1-2H3,(H2,24,25,26,27,28). The SMILES string of the molecule is COc1ccc(CCc2nc(NC(=O)CCc3ccc4c(c3)CCO4)n[nH]2)cc1OC. The van der Waals surface area contributed by atoms with E-state index in [1.54, 1.807) is 14.2 Å². The van der Waals surface area contributed by atoms with Crippen molar-refractivity contribution in [3.63, 3.8) is 0 Å². The maximum Gasteiger partial charge on any atom is 0.248 e. The van der Waals surface area contributed by atoms with Crippen molar-refractivity contribution in [2.75, 3.05) is 26.1 Å². The van der Waals surface area contributed by atoms with Crippen LogP contribution in [-0.4, -0.2) is 41.9 Å². The second kappa shape index (κ2) is 9.51. The highest BCUT2D eigenvalue weighted by Gasteiger charge is 2.13. The Labute approximate surface area is 180 Å². The van der Waals surface area contributed by atoms with Crippen LogP contribution in [0.25, 0.3) is 0 Å². The van der Waals surface area contributed by atoms with Crippen molar-refractivity contribution in [3.8, 4) is 17.2 Å². The largest absolute Gasteiger partial charge is 0.493 e. The monoisotopic (exact) mass is 422 g/mol. The van der Waals surface area contributed by atoms with E-state index < -0.39 is 0 Å². The van der Waals surface area contributed by atoms with Gasteiger partial charge in [-0.2, -0.15) is 4.98 Å². The van der Waals surface area contributed by atoms with Crippen molar-refractivity contribution in [3.05, 3.63) is 58.9 Å². The van der Waals surface area contributed by atoms with Crippen LogP contribution in [0.4, 0.5) is 5.95 Å². The van der Waals surface area contributed by atoms with E-state index in [1.807, 2.05) is 30.3 Å². The number of hydrogen-bond acceptors (Lipinski definition) is 6. The van der Waals surface area contributed by atoms with E-state index in [4.69, 9.17) is 14.2 Å². The number of carbonyl (C=O) groups excluding carboxylic acids is 1. The number of amides is 1. The predicted octanol–water partition coefficient (Wildman–Crippen LogP) is 3.11. The molecule has 0 fully saturated rings. The molecule has 1 aliphatic rings.